The van der Waals surface area contributed by atoms with Gasteiger partial charge in [-0.05, 0) is 48.4 Å². The van der Waals surface area contributed by atoms with Crippen molar-refractivity contribution in [2.75, 3.05) is 37.6 Å². The van der Waals surface area contributed by atoms with Crippen molar-refractivity contribution < 1.29 is 19.1 Å². The average molecular weight is 464 g/mol. The number of hydrogen-bond donors (Lipinski definition) is 2. The van der Waals surface area contributed by atoms with E-state index < -0.39 is 5.82 Å². The predicted molar refractivity (Wildman–Crippen MR) is 126 cm³/mol. The van der Waals surface area contributed by atoms with E-state index in [1.54, 1.807) is 41.3 Å². The Hall–Kier alpha value is -4.01. The third-order valence-corrected chi connectivity index (χ3v) is 5.68. The van der Waals surface area contributed by atoms with Crippen molar-refractivity contribution >= 4 is 17.6 Å². The molecule has 8 nitrogen and oxygen atoms in total. The van der Waals surface area contributed by atoms with E-state index in [2.05, 4.69) is 15.5 Å². The van der Waals surface area contributed by atoms with Crippen molar-refractivity contribution in [3.8, 4) is 16.9 Å². The number of aromatic nitrogens is 2. The molecule has 4 rings (SSSR count). The molecule has 2 aromatic carbocycles. The number of nitrogens with one attached hydrogen (secondary N) is 1. The van der Waals surface area contributed by atoms with Gasteiger partial charge >= 0.3 is 0 Å². The maximum absolute atomic E-state index is 14.7. The van der Waals surface area contributed by atoms with Gasteiger partial charge in [0.1, 0.15) is 11.6 Å². The Morgan fingerprint density at radius 3 is 2.47 bits per heavy atom. The van der Waals surface area contributed by atoms with Crippen LogP contribution in [0.15, 0.2) is 54.6 Å². The van der Waals surface area contributed by atoms with Gasteiger partial charge in [-0.25, -0.2) is 4.39 Å². The second-order valence-electron chi connectivity index (χ2n) is 8.06. The first-order valence-corrected chi connectivity index (χ1v) is 11.2. The van der Waals surface area contributed by atoms with Crippen LogP contribution < -0.4 is 10.2 Å². The van der Waals surface area contributed by atoms with Gasteiger partial charge in [-0.2, -0.15) is 0 Å². The summed E-state index contributed by atoms with van der Waals surface area (Å²) in [7, 11) is 0. The summed E-state index contributed by atoms with van der Waals surface area (Å²) in [5, 5.41) is 20.6. The van der Waals surface area contributed by atoms with E-state index in [0.29, 0.717) is 49.7 Å². The molecule has 0 unspecified atom stereocenters. The van der Waals surface area contributed by atoms with Crippen LogP contribution in [0.1, 0.15) is 34.2 Å². The van der Waals surface area contributed by atoms with Crippen LogP contribution in [0.5, 0.6) is 5.75 Å². The van der Waals surface area contributed by atoms with E-state index in [-0.39, 0.29) is 28.8 Å². The number of anilines is 1. The molecule has 1 aliphatic rings. The summed E-state index contributed by atoms with van der Waals surface area (Å²) in [6, 6.07) is 14.1. The number of rotatable bonds is 6. The first-order chi connectivity index (χ1) is 16.5. The number of nitrogens with zero attached hydrogens (tertiary/aromatic N) is 4. The highest BCUT2D eigenvalue weighted by molar-refractivity contribution is 5.95. The first-order valence-electron chi connectivity index (χ1n) is 11.2. The van der Waals surface area contributed by atoms with E-state index in [1.807, 2.05) is 11.8 Å². The number of amides is 2. The molecule has 0 spiro atoms. The molecule has 1 aliphatic heterocycles. The Balaban J connectivity index is 1.37. The lowest BCUT2D eigenvalue weighted by Gasteiger charge is -2.35. The lowest BCUT2D eigenvalue weighted by molar-refractivity contribution is 0.0745. The molecule has 1 fully saturated rings. The van der Waals surface area contributed by atoms with E-state index in [9.17, 15) is 19.1 Å². The second-order valence-corrected chi connectivity index (χ2v) is 8.06. The lowest BCUT2D eigenvalue weighted by atomic mass is 10.0. The Kier molecular flexibility index (Phi) is 7.01. The average Bonchev–Trinajstić information content (AvgIpc) is 2.87. The van der Waals surface area contributed by atoms with Crippen LogP contribution in [0.2, 0.25) is 0 Å². The molecule has 34 heavy (non-hydrogen) atoms. The number of phenolic OH excluding ortho intramolecular Hbond substituents is 1. The molecule has 2 heterocycles. The van der Waals surface area contributed by atoms with Gasteiger partial charge < -0.3 is 20.2 Å². The van der Waals surface area contributed by atoms with Crippen molar-refractivity contribution in [1.82, 2.24) is 20.4 Å². The molecule has 2 amide bonds. The Labute approximate surface area is 197 Å². The van der Waals surface area contributed by atoms with Gasteiger partial charge in [0.25, 0.3) is 11.8 Å². The summed E-state index contributed by atoms with van der Waals surface area (Å²) in [5.74, 6) is -0.322. The molecule has 0 atom stereocenters. The number of carbonyl (C=O) groups is 2. The van der Waals surface area contributed by atoms with Crippen LogP contribution in [-0.2, 0) is 0 Å². The number of aromatic hydroxyl groups is 1. The Morgan fingerprint density at radius 1 is 1.03 bits per heavy atom. The van der Waals surface area contributed by atoms with Crippen molar-refractivity contribution in [3.63, 3.8) is 0 Å². The molecule has 9 heteroatoms. The minimum atomic E-state index is -0.520. The fourth-order valence-corrected chi connectivity index (χ4v) is 3.82. The molecule has 0 saturated carbocycles. The maximum Gasteiger partial charge on any atom is 0.271 e. The predicted octanol–water partition coefficient (Wildman–Crippen LogP) is 3.09. The second kappa shape index (κ2) is 10.3. The molecule has 0 radical (unpaired) electrons. The van der Waals surface area contributed by atoms with Gasteiger partial charge in [-0.15, -0.1) is 10.2 Å². The molecule has 0 aliphatic carbocycles. The van der Waals surface area contributed by atoms with Crippen LogP contribution in [0.3, 0.4) is 0 Å². The summed E-state index contributed by atoms with van der Waals surface area (Å²) >= 11 is 0. The maximum atomic E-state index is 14.7. The molecular formula is C25H26FN5O3. The fraction of sp³-hybridized carbons (Fsp3) is 0.280. The normalized spacial score (nSPS) is 13.6. The standard InChI is InChI=1S/C25H26FN5O3/c1-2-10-27-24(33)22-8-9-23(29-28-22)30-11-13-31(14-12-30)25(34)18-6-7-20(21(26)16-18)17-4-3-5-19(32)15-17/h3-9,15-16,32H,2,10-14H2,1H3,(H,27,33). The van der Waals surface area contributed by atoms with Crippen LogP contribution in [0, 0.1) is 5.82 Å². The number of halogens is 1. The van der Waals surface area contributed by atoms with Crippen molar-refractivity contribution in [2.45, 2.75) is 13.3 Å². The third-order valence-electron chi connectivity index (χ3n) is 5.68. The molecule has 176 valence electrons. The zero-order valence-corrected chi connectivity index (χ0v) is 18.9. The SMILES string of the molecule is CCCNC(=O)c1ccc(N2CCN(C(=O)c3ccc(-c4cccc(O)c4)c(F)c3)CC2)nn1. The van der Waals surface area contributed by atoms with E-state index in [1.165, 1.54) is 18.2 Å². The molecule has 1 saturated heterocycles. The van der Waals surface area contributed by atoms with Gasteiger partial charge in [-0.1, -0.05) is 25.1 Å². The number of piperazine rings is 1. The highest BCUT2D eigenvalue weighted by Gasteiger charge is 2.24. The molecule has 0 bridgehead atoms. The highest BCUT2D eigenvalue weighted by atomic mass is 19.1. The lowest BCUT2D eigenvalue weighted by Crippen LogP contribution is -2.49. The Morgan fingerprint density at radius 2 is 1.82 bits per heavy atom. The molecule has 1 aromatic heterocycles. The highest BCUT2D eigenvalue weighted by Crippen LogP contribution is 2.27. The summed E-state index contributed by atoms with van der Waals surface area (Å²) in [4.78, 5) is 28.6. The number of carbonyl (C=O) groups excluding carboxylic acids is 2. The molecular weight excluding hydrogens is 437 g/mol. The van der Waals surface area contributed by atoms with Gasteiger partial charge in [0.2, 0.25) is 0 Å². The van der Waals surface area contributed by atoms with Crippen LogP contribution in [-0.4, -0.2) is 64.7 Å². The van der Waals surface area contributed by atoms with Gasteiger partial charge in [0.15, 0.2) is 11.5 Å². The first kappa shape index (κ1) is 23.2. The van der Waals surface area contributed by atoms with Crippen LogP contribution >= 0.6 is 0 Å². The molecule has 2 N–H and O–H groups in total. The molecule has 3 aromatic rings. The third kappa shape index (κ3) is 5.14. The summed E-state index contributed by atoms with van der Waals surface area (Å²) in [6.07, 6.45) is 0.842. The zero-order valence-electron chi connectivity index (χ0n) is 18.9. The number of hydrogen-bond acceptors (Lipinski definition) is 6. The summed E-state index contributed by atoms with van der Waals surface area (Å²) in [5.41, 5.74) is 1.40. The van der Waals surface area contributed by atoms with Gasteiger partial charge in [0, 0.05) is 43.9 Å². The van der Waals surface area contributed by atoms with Crippen LogP contribution in [0.25, 0.3) is 11.1 Å². The minimum absolute atomic E-state index is 0.0500. The van der Waals surface area contributed by atoms with Gasteiger partial charge in [0.05, 0.1) is 0 Å². The van der Waals surface area contributed by atoms with E-state index in [4.69, 9.17) is 0 Å². The van der Waals surface area contributed by atoms with Crippen molar-refractivity contribution in [2.24, 2.45) is 0 Å². The topological polar surface area (TPSA) is 98.7 Å². The quantitative estimate of drug-likeness (QED) is 0.583. The Bertz CT molecular complexity index is 1180. The smallest absolute Gasteiger partial charge is 0.271 e. The number of phenols is 1. The summed E-state index contributed by atoms with van der Waals surface area (Å²) < 4.78 is 14.7. The monoisotopic (exact) mass is 463 g/mol. The van der Waals surface area contributed by atoms with Crippen LogP contribution in [0.4, 0.5) is 10.2 Å². The van der Waals surface area contributed by atoms with Crippen molar-refractivity contribution in [1.29, 1.82) is 0 Å². The minimum Gasteiger partial charge on any atom is -0.508 e. The summed E-state index contributed by atoms with van der Waals surface area (Å²) in [6.45, 7) is 4.56. The van der Waals surface area contributed by atoms with Gasteiger partial charge in [-0.3, -0.25) is 9.59 Å². The fourth-order valence-electron chi connectivity index (χ4n) is 3.82. The largest absolute Gasteiger partial charge is 0.508 e. The van der Waals surface area contributed by atoms with Crippen molar-refractivity contribution in [3.05, 3.63) is 71.7 Å². The zero-order chi connectivity index (χ0) is 24.1. The van der Waals surface area contributed by atoms with E-state index in [0.717, 1.165) is 6.42 Å². The number of benzene rings is 2. The van der Waals surface area contributed by atoms with E-state index >= 15 is 0 Å².